The van der Waals surface area contributed by atoms with Crippen LogP contribution in [0.5, 0.6) is 0 Å². The first-order chi connectivity index (χ1) is 8.67. The molecule has 0 atom stereocenters. The molecule has 2 aromatic rings. The number of rotatable bonds is 4. The maximum absolute atomic E-state index is 13.9. The molecule has 0 radical (unpaired) electrons. The van der Waals surface area contributed by atoms with Gasteiger partial charge in [-0.1, -0.05) is 31.5 Å². The summed E-state index contributed by atoms with van der Waals surface area (Å²) in [5, 5.41) is 4.13. The van der Waals surface area contributed by atoms with Crippen LogP contribution in [0.1, 0.15) is 25.8 Å². The first-order valence-electron chi connectivity index (χ1n) is 6.18. The van der Waals surface area contributed by atoms with Gasteiger partial charge < -0.3 is 5.32 Å². The molecule has 1 N–H and O–H groups in total. The molecule has 0 spiro atoms. The Kier molecular flexibility index (Phi) is 4.02. The molecule has 0 saturated carbocycles. The zero-order valence-corrected chi connectivity index (χ0v) is 11.3. The Hall–Kier alpha value is -1.35. The number of halogens is 2. The summed E-state index contributed by atoms with van der Waals surface area (Å²) in [5.41, 5.74) is 1.43. The van der Waals surface area contributed by atoms with E-state index in [1.54, 1.807) is 12.1 Å². The van der Waals surface area contributed by atoms with Gasteiger partial charge in [-0.3, -0.25) is 0 Å². The Morgan fingerprint density at radius 2 is 2.11 bits per heavy atom. The summed E-state index contributed by atoms with van der Waals surface area (Å²) < 4.78 is 13.9. The van der Waals surface area contributed by atoms with Gasteiger partial charge in [0.25, 0.3) is 0 Å². The zero-order chi connectivity index (χ0) is 13.1. The van der Waals surface area contributed by atoms with E-state index in [0.717, 1.165) is 36.2 Å². The van der Waals surface area contributed by atoms with E-state index >= 15 is 0 Å². The SMILES string of the molecule is CCCNc1nc2c(F)c(Cl)ccc2cc1CC. The summed E-state index contributed by atoms with van der Waals surface area (Å²) in [7, 11) is 0. The van der Waals surface area contributed by atoms with Crippen LogP contribution >= 0.6 is 11.6 Å². The topological polar surface area (TPSA) is 24.9 Å². The standard InChI is InChI=1S/C14H16ClFN2/c1-3-7-17-14-9(4-2)8-10-5-6-11(15)12(16)13(10)18-14/h5-6,8H,3-4,7H2,1-2H3,(H,17,18). The van der Waals surface area contributed by atoms with Crippen LogP contribution in [0.3, 0.4) is 0 Å². The minimum atomic E-state index is -0.448. The number of nitrogens with one attached hydrogen (secondary N) is 1. The van der Waals surface area contributed by atoms with Crippen molar-refractivity contribution in [2.45, 2.75) is 26.7 Å². The number of benzene rings is 1. The zero-order valence-electron chi connectivity index (χ0n) is 10.6. The van der Waals surface area contributed by atoms with E-state index in [0.29, 0.717) is 5.52 Å². The molecule has 1 aromatic carbocycles. The van der Waals surface area contributed by atoms with Gasteiger partial charge in [-0.05, 0) is 30.5 Å². The number of hydrogen-bond acceptors (Lipinski definition) is 2. The number of nitrogens with zero attached hydrogens (tertiary/aromatic N) is 1. The predicted molar refractivity (Wildman–Crippen MR) is 74.9 cm³/mol. The fourth-order valence-corrected chi connectivity index (χ4v) is 2.04. The predicted octanol–water partition coefficient (Wildman–Crippen LogP) is 4.41. The Morgan fingerprint density at radius 3 is 2.78 bits per heavy atom. The number of fused-ring (bicyclic) bond motifs is 1. The van der Waals surface area contributed by atoms with Gasteiger partial charge in [-0.2, -0.15) is 0 Å². The highest BCUT2D eigenvalue weighted by Crippen LogP contribution is 2.27. The van der Waals surface area contributed by atoms with Gasteiger partial charge in [0.05, 0.1) is 5.02 Å². The van der Waals surface area contributed by atoms with Gasteiger partial charge in [0, 0.05) is 11.9 Å². The maximum atomic E-state index is 13.9. The number of aromatic nitrogens is 1. The molecular weight excluding hydrogens is 251 g/mol. The lowest BCUT2D eigenvalue weighted by molar-refractivity contribution is 0.637. The second-order valence-corrected chi connectivity index (χ2v) is 4.62. The lowest BCUT2D eigenvalue weighted by Crippen LogP contribution is -2.05. The van der Waals surface area contributed by atoms with Crippen molar-refractivity contribution in [3.05, 3.63) is 34.6 Å². The second kappa shape index (κ2) is 5.53. The van der Waals surface area contributed by atoms with Crippen LogP contribution in [-0.4, -0.2) is 11.5 Å². The van der Waals surface area contributed by atoms with Crippen molar-refractivity contribution in [2.24, 2.45) is 0 Å². The largest absolute Gasteiger partial charge is 0.370 e. The van der Waals surface area contributed by atoms with E-state index in [-0.39, 0.29) is 5.02 Å². The van der Waals surface area contributed by atoms with Crippen molar-refractivity contribution < 1.29 is 4.39 Å². The second-order valence-electron chi connectivity index (χ2n) is 4.21. The van der Waals surface area contributed by atoms with Crippen LogP contribution in [0.15, 0.2) is 18.2 Å². The first kappa shape index (κ1) is 13.1. The van der Waals surface area contributed by atoms with Crippen LogP contribution in [0.4, 0.5) is 10.2 Å². The van der Waals surface area contributed by atoms with Crippen LogP contribution < -0.4 is 5.32 Å². The smallest absolute Gasteiger partial charge is 0.168 e. The molecule has 1 aromatic heterocycles. The van der Waals surface area contributed by atoms with Crippen molar-refractivity contribution in [1.29, 1.82) is 0 Å². The average Bonchev–Trinajstić information content (AvgIpc) is 2.40. The maximum Gasteiger partial charge on any atom is 0.168 e. The summed E-state index contributed by atoms with van der Waals surface area (Å²) in [5.74, 6) is 0.310. The molecular formula is C14H16ClFN2. The molecule has 4 heteroatoms. The van der Waals surface area contributed by atoms with E-state index in [1.165, 1.54) is 0 Å². The highest BCUT2D eigenvalue weighted by atomic mass is 35.5. The van der Waals surface area contributed by atoms with E-state index in [9.17, 15) is 4.39 Å². The summed E-state index contributed by atoms with van der Waals surface area (Å²) in [6.07, 6.45) is 1.86. The summed E-state index contributed by atoms with van der Waals surface area (Å²) in [4.78, 5) is 4.37. The Morgan fingerprint density at radius 1 is 1.33 bits per heavy atom. The van der Waals surface area contributed by atoms with Crippen molar-refractivity contribution in [3.8, 4) is 0 Å². The minimum Gasteiger partial charge on any atom is -0.370 e. The average molecular weight is 267 g/mol. The number of anilines is 1. The highest BCUT2D eigenvalue weighted by molar-refractivity contribution is 6.31. The van der Waals surface area contributed by atoms with Gasteiger partial charge in [-0.25, -0.2) is 9.37 Å². The lowest BCUT2D eigenvalue weighted by Gasteiger charge is -2.11. The normalized spacial score (nSPS) is 10.9. The molecule has 96 valence electrons. The molecule has 2 nitrogen and oxygen atoms in total. The Labute approximate surface area is 111 Å². The molecule has 0 fully saturated rings. The van der Waals surface area contributed by atoms with Gasteiger partial charge in [-0.15, -0.1) is 0 Å². The van der Waals surface area contributed by atoms with Crippen LogP contribution in [0.2, 0.25) is 5.02 Å². The first-order valence-corrected chi connectivity index (χ1v) is 6.56. The monoisotopic (exact) mass is 266 g/mol. The summed E-state index contributed by atoms with van der Waals surface area (Å²) in [6, 6.07) is 5.34. The molecule has 0 saturated heterocycles. The molecule has 0 aliphatic carbocycles. The molecule has 1 heterocycles. The number of aryl methyl sites for hydroxylation is 1. The van der Waals surface area contributed by atoms with Crippen LogP contribution in [0, 0.1) is 5.82 Å². The van der Waals surface area contributed by atoms with Crippen LogP contribution in [-0.2, 0) is 6.42 Å². The third kappa shape index (κ3) is 2.41. The fraction of sp³-hybridized carbons (Fsp3) is 0.357. The molecule has 0 bridgehead atoms. The van der Waals surface area contributed by atoms with Crippen molar-refractivity contribution in [1.82, 2.24) is 4.98 Å². The number of hydrogen-bond donors (Lipinski definition) is 1. The van der Waals surface area contributed by atoms with Crippen molar-refractivity contribution in [2.75, 3.05) is 11.9 Å². The van der Waals surface area contributed by atoms with Crippen molar-refractivity contribution >= 4 is 28.3 Å². The highest BCUT2D eigenvalue weighted by Gasteiger charge is 2.11. The Balaban J connectivity index is 2.58. The van der Waals surface area contributed by atoms with Gasteiger partial charge in [0.15, 0.2) is 5.82 Å². The van der Waals surface area contributed by atoms with Crippen LogP contribution in [0.25, 0.3) is 10.9 Å². The minimum absolute atomic E-state index is 0.112. The third-order valence-electron chi connectivity index (χ3n) is 2.88. The molecule has 2 rings (SSSR count). The third-order valence-corrected chi connectivity index (χ3v) is 3.17. The number of pyridine rings is 1. The molecule has 0 unspecified atom stereocenters. The van der Waals surface area contributed by atoms with Gasteiger partial charge in [0.2, 0.25) is 0 Å². The summed E-state index contributed by atoms with van der Waals surface area (Å²) in [6.45, 7) is 4.97. The lowest BCUT2D eigenvalue weighted by atomic mass is 10.1. The van der Waals surface area contributed by atoms with Crippen molar-refractivity contribution in [3.63, 3.8) is 0 Å². The van der Waals surface area contributed by atoms with E-state index in [1.807, 2.05) is 6.07 Å². The molecule has 18 heavy (non-hydrogen) atoms. The van der Waals surface area contributed by atoms with E-state index in [4.69, 9.17) is 11.6 Å². The molecule has 0 aliphatic heterocycles. The molecule has 0 amide bonds. The quantitative estimate of drug-likeness (QED) is 0.887. The van der Waals surface area contributed by atoms with E-state index in [2.05, 4.69) is 24.1 Å². The van der Waals surface area contributed by atoms with E-state index < -0.39 is 5.82 Å². The van der Waals surface area contributed by atoms with Gasteiger partial charge in [0.1, 0.15) is 11.3 Å². The fourth-order valence-electron chi connectivity index (χ4n) is 1.89. The molecule has 0 aliphatic rings. The summed E-state index contributed by atoms with van der Waals surface area (Å²) >= 11 is 5.78. The Bertz CT molecular complexity index is 569. The van der Waals surface area contributed by atoms with Gasteiger partial charge >= 0.3 is 0 Å².